The van der Waals surface area contributed by atoms with E-state index in [0.717, 1.165) is 45.1 Å². The van der Waals surface area contributed by atoms with Gasteiger partial charge in [-0.1, -0.05) is 48.9 Å². The van der Waals surface area contributed by atoms with Gasteiger partial charge in [-0.15, -0.1) is 0 Å². The molecule has 0 saturated carbocycles. The number of aromatic nitrogens is 1. The van der Waals surface area contributed by atoms with Gasteiger partial charge in [0.2, 0.25) is 0 Å². The van der Waals surface area contributed by atoms with Crippen LogP contribution in [0.3, 0.4) is 0 Å². The van der Waals surface area contributed by atoms with Gasteiger partial charge in [-0.25, -0.2) is 4.98 Å². The Bertz CT molecular complexity index is 784. The van der Waals surface area contributed by atoms with Crippen molar-refractivity contribution in [2.24, 2.45) is 0 Å². The Hall–Kier alpha value is -2.06. The molecule has 0 spiro atoms. The number of fused-ring (bicyclic) bond motifs is 1. The quantitative estimate of drug-likeness (QED) is 0.632. The van der Waals surface area contributed by atoms with E-state index >= 15 is 0 Å². The number of hydrogen-bond acceptors (Lipinski definition) is 2. The van der Waals surface area contributed by atoms with E-state index in [1.807, 2.05) is 55.5 Å². The zero-order chi connectivity index (χ0) is 14.8. The summed E-state index contributed by atoms with van der Waals surface area (Å²) in [4.78, 5) is 4.74. The predicted molar refractivity (Wildman–Crippen MR) is 87.4 cm³/mol. The van der Waals surface area contributed by atoms with Gasteiger partial charge in [0, 0.05) is 11.1 Å². The summed E-state index contributed by atoms with van der Waals surface area (Å²) in [6.07, 6.45) is 0.848. The van der Waals surface area contributed by atoms with Crippen LogP contribution in [0, 0.1) is 6.92 Å². The maximum atomic E-state index is 6.49. The number of nitrogens with zero attached hydrogens (tertiary/aromatic N) is 1. The van der Waals surface area contributed by atoms with Crippen LogP contribution in [0.15, 0.2) is 48.5 Å². The second-order valence-corrected chi connectivity index (χ2v) is 5.30. The Kier molecular flexibility index (Phi) is 3.80. The fourth-order valence-electron chi connectivity index (χ4n) is 2.40. The van der Waals surface area contributed by atoms with Crippen LogP contribution in [-0.4, -0.2) is 4.98 Å². The van der Waals surface area contributed by atoms with Gasteiger partial charge in [-0.05, 0) is 37.1 Å². The third kappa shape index (κ3) is 2.59. The number of halogens is 1. The third-order valence-electron chi connectivity index (χ3n) is 3.55. The Morgan fingerprint density at radius 2 is 1.81 bits per heavy atom. The maximum absolute atomic E-state index is 6.49. The van der Waals surface area contributed by atoms with Crippen LogP contribution in [0.2, 0.25) is 5.02 Å². The van der Waals surface area contributed by atoms with Crippen LogP contribution in [0.5, 0.6) is 11.5 Å². The Morgan fingerprint density at radius 1 is 1.05 bits per heavy atom. The molecular formula is C18H16ClNO. The van der Waals surface area contributed by atoms with Crippen LogP contribution in [0.25, 0.3) is 10.9 Å². The second kappa shape index (κ2) is 5.74. The van der Waals surface area contributed by atoms with E-state index in [1.54, 1.807) is 0 Å². The fraction of sp³-hybridized carbons (Fsp3) is 0.167. The van der Waals surface area contributed by atoms with Crippen LogP contribution >= 0.6 is 11.6 Å². The van der Waals surface area contributed by atoms with E-state index < -0.39 is 0 Å². The summed E-state index contributed by atoms with van der Waals surface area (Å²) >= 11 is 6.49. The Balaban J connectivity index is 2.17. The molecule has 0 bridgehead atoms. The molecule has 3 rings (SSSR count). The van der Waals surface area contributed by atoms with Gasteiger partial charge >= 0.3 is 0 Å². The highest BCUT2D eigenvalue weighted by atomic mass is 35.5. The van der Waals surface area contributed by atoms with Crippen molar-refractivity contribution in [3.8, 4) is 11.5 Å². The summed E-state index contributed by atoms with van der Waals surface area (Å²) in [5.41, 5.74) is 2.87. The van der Waals surface area contributed by atoms with Crippen molar-refractivity contribution in [3.05, 3.63) is 64.8 Å². The lowest BCUT2D eigenvalue weighted by Crippen LogP contribution is -1.96. The molecule has 21 heavy (non-hydrogen) atoms. The van der Waals surface area contributed by atoms with Crippen molar-refractivity contribution >= 4 is 22.5 Å². The van der Waals surface area contributed by atoms with E-state index in [0.29, 0.717) is 0 Å². The zero-order valence-electron chi connectivity index (χ0n) is 12.1. The number of pyridine rings is 1. The molecule has 2 aromatic carbocycles. The average Bonchev–Trinajstić information content (AvgIpc) is 2.52. The van der Waals surface area contributed by atoms with Gasteiger partial charge in [0.1, 0.15) is 11.3 Å². The standard InChI is InChI=1S/C18H16ClNO/c1-3-15-12(2)17(19)14-10-7-11-16(18(14)20-15)21-13-8-5-4-6-9-13/h4-11H,3H2,1-2H3. The predicted octanol–water partition coefficient (Wildman–Crippen LogP) is 5.55. The van der Waals surface area contributed by atoms with E-state index in [1.165, 1.54) is 0 Å². The SMILES string of the molecule is CCc1nc2c(Oc3ccccc3)cccc2c(Cl)c1C. The third-order valence-corrected chi connectivity index (χ3v) is 4.04. The largest absolute Gasteiger partial charge is 0.455 e. The molecule has 0 N–H and O–H groups in total. The molecule has 3 aromatic rings. The number of ether oxygens (including phenoxy) is 1. The van der Waals surface area contributed by atoms with Gasteiger partial charge < -0.3 is 4.74 Å². The number of aryl methyl sites for hydroxylation is 1. The number of para-hydroxylation sites is 2. The normalized spacial score (nSPS) is 10.8. The van der Waals surface area contributed by atoms with E-state index in [-0.39, 0.29) is 0 Å². The Labute approximate surface area is 129 Å². The van der Waals surface area contributed by atoms with Crippen molar-refractivity contribution in [2.45, 2.75) is 20.3 Å². The summed E-state index contributed by atoms with van der Waals surface area (Å²) in [6.45, 7) is 4.09. The molecule has 0 aliphatic rings. The lowest BCUT2D eigenvalue weighted by molar-refractivity contribution is 0.487. The molecule has 0 radical (unpaired) electrons. The van der Waals surface area contributed by atoms with E-state index in [4.69, 9.17) is 21.3 Å². The minimum absolute atomic E-state index is 0.732. The average molecular weight is 298 g/mol. The topological polar surface area (TPSA) is 22.1 Å². The molecular weight excluding hydrogens is 282 g/mol. The summed E-state index contributed by atoms with van der Waals surface area (Å²) < 4.78 is 5.96. The molecule has 2 nitrogen and oxygen atoms in total. The number of hydrogen-bond donors (Lipinski definition) is 0. The van der Waals surface area contributed by atoms with Gasteiger partial charge in [0.05, 0.1) is 5.02 Å². The summed E-state index contributed by atoms with van der Waals surface area (Å²) in [6, 6.07) is 15.6. The molecule has 0 aliphatic carbocycles. The van der Waals surface area contributed by atoms with Crippen molar-refractivity contribution in [3.63, 3.8) is 0 Å². The highest BCUT2D eigenvalue weighted by Crippen LogP contribution is 2.34. The maximum Gasteiger partial charge on any atom is 0.153 e. The van der Waals surface area contributed by atoms with Crippen molar-refractivity contribution < 1.29 is 4.74 Å². The molecule has 0 aliphatic heterocycles. The number of benzene rings is 2. The minimum atomic E-state index is 0.732. The van der Waals surface area contributed by atoms with Gasteiger partial charge in [0.15, 0.2) is 5.75 Å². The summed E-state index contributed by atoms with van der Waals surface area (Å²) in [5, 5.41) is 1.69. The van der Waals surface area contributed by atoms with Gasteiger partial charge in [-0.2, -0.15) is 0 Å². The summed E-state index contributed by atoms with van der Waals surface area (Å²) in [5.74, 6) is 1.52. The van der Waals surface area contributed by atoms with Crippen LogP contribution in [-0.2, 0) is 6.42 Å². The van der Waals surface area contributed by atoms with Crippen LogP contribution < -0.4 is 4.74 Å². The first-order valence-corrected chi connectivity index (χ1v) is 7.39. The monoisotopic (exact) mass is 297 g/mol. The Morgan fingerprint density at radius 3 is 2.52 bits per heavy atom. The molecule has 3 heteroatoms. The van der Waals surface area contributed by atoms with Crippen LogP contribution in [0.1, 0.15) is 18.2 Å². The van der Waals surface area contributed by atoms with Gasteiger partial charge in [-0.3, -0.25) is 0 Å². The zero-order valence-corrected chi connectivity index (χ0v) is 12.8. The highest BCUT2D eigenvalue weighted by molar-refractivity contribution is 6.36. The number of rotatable bonds is 3. The molecule has 0 unspecified atom stereocenters. The summed E-state index contributed by atoms with van der Waals surface area (Å²) in [7, 11) is 0. The molecule has 0 atom stereocenters. The van der Waals surface area contributed by atoms with E-state index in [9.17, 15) is 0 Å². The van der Waals surface area contributed by atoms with Crippen molar-refractivity contribution in [1.82, 2.24) is 4.98 Å². The fourth-order valence-corrected chi connectivity index (χ4v) is 2.67. The molecule has 0 amide bonds. The molecule has 0 fully saturated rings. The van der Waals surface area contributed by atoms with Crippen molar-refractivity contribution in [1.29, 1.82) is 0 Å². The van der Waals surface area contributed by atoms with Gasteiger partial charge in [0.25, 0.3) is 0 Å². The second-order valence-electron chi connectivity index (χ2n) is 4.92. The lowest BCUT2D eigenvalue weighted by Gasteiger charge is -2.12. The van der Waals surface area contributed by atoms with E-state index in [2.05, 4.69) is 6.92 Å². The first-order valence-electron chi connectivity index (χ1n) is 7.01. The van der Waals surface area contributed by atoms with Crippen molar-refractivity contribution in [2.75, 3.05) is 0 Å². The molecule has 106 valence electrons. The first kappa shape index (κ1) is 13.9. The lowest BCUT2D eigenvalue weighted by atomic mass is 10.1. The minimum Gasteiger partial charge on any atom is -0.455 e. The smallest absolute Gasteiger partial charge is 0.153 e. The highest BCUT2D eigenvalue weighted by Gasteiger charge is 2.12. The molecule has 0 saturated heterocycles. The molecule has 1 heterocycles. The molecule has 1 aromatic heterocycles. The van der Waals surface area contributed by atoms with Crippen LogP contribution in [0.4, 0.5) is 0 Å². The first-order chi connectivity index (χ1) is 10.2.